The van der Waals surface area contributed by atoms with Crippen LogP contribution in [0, 0.1) is 0 Å². The van der Waals surface area contributed by atoms with Gasteiger partial charge in [-0.05, 0) is 52.9 Å². The van der Waals surface area contributed by atoms with Gasteiger partial charge in [-0.1, -0.05) is 12.1 Å². The van der Waals surface area contributed by atoms with E-state index < -0.39 is 0 Å². The number of hydrogen-bond acceptors (Lipinski definition) is 4. The molecule has 1 aromatic heterocycles. The van der Waals surface area contributed by atoms with Crippen molar-refractivity contribution in [3.8, 4) is 5.75 Å². The second-order valence-electron chi connectivity index (χ2n) is 5.56. The summed E-state index contributed by atoms with van der Waals surface area (Å²) in [6, 6.07) is 11.5. The van der Waals surface area contributed by atoms with Crippen LogP contribution in [0.25, 0.3) is 0 Å². The first-order chi connectivity index (χ1) is 10.3. The van der Waals surface area contributed by atoms with Crippen LogP contribution >= 0.6 is 11.3 Å². The van der Waals surface area contributed by atoms with E-state index in [1.165, 1.54) is 24.0 Å². The minimum absolute atomic E-state index is 0.281. The fourth-order valence-corrected chi connectivity index (χ4v) is 3.44. The third-order valence-electron chi connectivity index (χ3n) is 4.09. The zero-order valence-corrected chi connectivity index (χ0v) is 13.2. The van der Waals surface area contributed by atoms with Crippen molar-refractivity contribution in [3.63, 3.8) is 0 Å². The number of nitrogens with two attached hydrogens (primary N) is 1. The van der Waals surface area contributed by atoms with Crippen LogP contribution in [0.1, 0.15) is 30.0 Å². The highest BCUT2D eigenvalue weighted by Gasteiger charge is 2.34. The van der Waals surface area contributed by atoms with Crippen molar-refractivity contribution < 1.29 is 4.74 Å². The zero-order valence-electron chi connectivity index (χ0n) is 12.4. The average molecular weight is 302 g/mol. The monoisotopic (exact) mass is 302 g/mol. The Morgan fingerprint density at radius 3 is 2.57 bits per heavy atom. The number of thiophene rings is 1. The highest BCUT2D eigenvalue weighted by molar-refractivity contribution is 7.07. The number of methoxy groups -OCH3 is 1. The van der Waals surface area contributed by atoms with Crippen LogP contribution in [0.3, 0.4) is 0 Å². The molecule has 112 valence electrons. The Balaban J connectivity index is 1.80. The van der Waals surface area contributed by atoms with Crippen LogP contribution in [-0.2, 0) is 6.54 Å². The van der Waals surface area contributed by atoms with Crippen LogP contribution in [0.4, 0.5) is 0 Å². The molecule has 0 aliphatic heterocycles. The van der Waals surface area contributed by atoms with Crippen LogP contribution in [-0.4, -0.2) is 24.6 Å². The molecular formula is C17H22N2OS. The number of nitrogens with zero attached hydrogens (tertiary/aromatic N) is 1. The van der Waals surface area contributed by atoms with E-state index in [4.69, 9.17) is 10.5 Å². The lowest BCUT2D eigenvalue weighted by atomic mass is 10.0. The van der Waals surface area contributed by atoms with Gasteiger partial charge in [-0.25, -0.2) is 0 Å². The Morgan fingerprint density at radius 2 is 2.05 bits per heavy atom. The molecule has 4 heteroatoms. The predicted octanol–water partition coefficient (Wildman–Crippen LogP) is 3.42. The maximum absolute atomic E-state index is 6.10. The van der Waals surface area contributed by atoms with Gasteiger partial charge in [-0.15, -0.1) is 0 Å². The van der Waals surface area contributed by atoms with Crippen LogP contribution in [0.2, 0.25) is 0 Å². The molecule has 1 heterocycles. The first-order valence-electron chi connectivity index (χ1n) is 7.42. The molecule has 2 N–H and O–H groups in total. The molecule has 3 nitrogen and oxygen atoms in total. The van der Waals surface area contributed by atoms with E-state index in [1.54, 1.807) is 18.4 Å². The topological polar surface area (TPSA) is 38.5 Å². The molecule has 1 saturated carbocycles. The van der Waals surface area contributed by atoms with Crippen molar-refractivity contribution >= 4 is 11.3 Å². The lowest BCUT2D eigenvalue weighted by molar-refractivity contribution is 0.182. The number of ether oxygens (including phenoxy) is 1. The quantitative estimate of drug-likeness (QED) is 0.851. The second-order valence-corrected chi connectivity index (χ2v) is 6.34. The number of hydrogen-bond donors (Lipinski definition) is 1. The van der Waals surface area contributed by atoms with E-state index in [1.807, 2.05) is 12.1 Å². The van der Waals surface area contributed by atoms with Crippen molar-refractivity contribution in [2.24, 2.45) is 5.73 Å². The zero-order chi connectivity index (χ0) is 14.7. The molecular weight excluding hydrogens is 280 g/mol. The van der Waals surface area contributed by atoms with Crippen LogP contribution < -0.4 is 10.5 Å². The first-order valence-corrected chi connectivity index (χ1v) is 8.37. The van der Waals surface area contributed by atoms with E-state index in [0.29, 0.717) is 12.6 Å². The van der Waals surface area contributed by atoms with Gasteiger partial charge < -0.3 is 10.5 Å². The fourth-order valence-electron chi connectivity index (χ4n) is 2.78. The first kappa shape index (κ1) is 14.6. The van der Waals surface area contributed by atoms with Crippen molar-refractivity contribution in [2.45, 2.75) is 31.5 Å². The Hall–Kier alpha value is -1.36. The summed E-state index contributed by atoms with van der Waals surface area (Å²) in [4.78, 5) is 2.56. The molecule has 3 rings (SSSR count). The van der Waals surface area contributed by atoms with Gasteiger partial charge in [0.05, 0.1) is 7.11 Å². The lowest BCUT2D eigenvalue weighted by Gasteiger charge is -2.31. The smallest absolute Gasteiger partial charge is 0.118 e. The molecule has 0 amide bonds. The van der Waals surface area contributed by atoms with Crippen molar-refractivity contribution in [2.75, 3.05) is 13.7 Å². The highest BCUT2D eigenvalue weighted by atomic mass is 32.1. The summed E-state index contributed by atoms with van der Waals surface area (Å²) >= 11 is 1.76. The number of benzene rings is 1. The third-order valence-corrected chi connectivity index (χ3v) is 4.82. The molecule has 1 aliphatic carbocycles. The molecule has 0 saturated heterocycles. The fraction of sp³-hybridized carbons (Fsp3) is 0.412. The van der Waals surface area contributed by atoms with E-state index in [2.05, 4.69) is 33.9 Å². The third kappa shape index (κ3) is 3.46. The summed E-state index contributed by atoms with van der Waals surface area (Å²) in [6.45, 7) is 1.63. The molecule has 21 heavy (non-hydrogen) atoms. The maximum Gasteiger partial charge on any atom is 0.118 e. The van der Waals surface area contributed by atoms with Crippen molar-refractivity contribution in [1.82, 2.24) is 4.90 Å². The summed E-state index contributed by atoms with van der Waals surface area (Å²) in [6.07, 6.45) is 2.58. The molecule has 2 aromatic rings. The van der Waals surface area contributed by atoms with Gasteiger partial charge in [0.25, 0.3) is 0 Å². The van der Waals surface area contributed by atoms with Gasteiger partial charge in [-0.3, -0.25) is 4.90 Å². The number of rotatable bonds is 7. The Kier molecular flexibility index (Phi) is 4.58. The van der Waals surface area contributed by atoms with Crippen molar-refractivity contribution in [3.05, 3.63) is 52.2 Å². The minimum Gasteiger partial charge on any atom is -0.497 e. The molecule has 0 radical (unpaired) electrons. The summed E-state index contributed by atoms with van der Waals surface area (Å²) in [7, 11) is 1.70. The molecule has 0 spiro atoms. The molecule has 1 aromatic carbocycles. The molecule has 1 aliphatic rings. The van der Waals surface area contributed by atoms with Gasteiger partial charge in [0.15, 0.2) is 0 Å². The van der Waals surface area contributed by atoms with Gasteiger partial charge in [0.2, 0.25) is 0 Å². The largest absolute Gasteiger partial charge is 0.497 e. The van der Waals surface area contributed by atoms with Gasteiger partial charge in [0.1, 0.15) is 5.75 Å². The molecule has 1 fully saturated rings. The lowest BCUT2D eigenvalue weighted by Crippen LogP contribution is -2.35. The van der Waals surface area contributed by atoms with Gasteiger partial charge in [0, 0.05) is 25.2 Å². The molecule has 1 atom stereocenters. The van der Waals surface area contributed by atoms with E-state index in [-0.39, 0.29) is 6.04 Å². The Labute approximate surface area is 130 Å². The second kappa shape index (κ2) is 6.60. The molecule has 1 unspecified atom stereocenters. The van der Waals surface area contributed by atoms with E-state index >= 15 is 0 Å². The Morgan fingerprint density at radius 1 is 1.29 bits per heavy atom. The summed E-state index contributed by atoms with van der Waals surface area (Å²) in [5.41, 5.74) is 8.77. The maximum atomic E-state index is 6.10. The van der Waals surface area contributed by atoms with Gasteiger partial charge >= 0.3 is 0 Å². The Bertz CT molecular complexity index is 549. The normalized spacial score (nSPS) is 16.1. The van der Waals surface area contributed by atoms with Crippen LogP contribution in [0.15, 0.2) is 41.1 Å². The highest BCUT2D eigenvalue weighted by Crippen LogP contribution is 2.36. The SMILES string of the molecule is COc1ccc(C(CN)N(Cc2ccsc2)C2CC2)cc1. The van der Waals surface area contributed by atoms with E-state index in [9.17, 15) is 0 Å². The standard InChI is InChI=1S/C17H22N2OS/c1-20-16-6-2-14(3-7-16)17(10-18)19(15-4-5-15)11-13-8-9-21-12-13/h2-3,6-9,12,15,17H,4-5,10-11,18H2,1H3. The molecule has 0 bridgehead atoms. The average Bonchev–Trinajstić information content (AvgIpc) is 3.25. The summed E-state index contributed by atoms with van der Waals surface area (Å²) in [5, 5.41) is 4.38. The summed E-state index contributed by atoms with van der Waals surface area (Å²) in [5.74, 6) is 0.894. The van der Waals surface area contributed by atoms with Crippen LogP contribution in [0.5, 0.6) is 5.75 Å². The van der Waals surface area contributed by atoms with E-state index in [0.717, 1.165) is 12.3 Å². The van der Waals surface area contributed by atoms with Gasteiger partial charge in [-0.2, -0.15) is 11.3 Å². The van der Waals surface area contributed by atoms with Crippen molar-refractivity contribution in [1.29, 1.82) is 0 Å². The summed E-state index contributed by atoms with van der Waals surface area (Å²) < 4.78 is 5.24. The minimum atomic E-state index is 0.281. The predicted molar refractivity (Wildman–Crippen MR) is 87.7 cm³/mol.